The van der Waals surface area contributed by atoms with E-state index in [1.54, 1.807) is 25.3 Å². The number of rotatable bonds is 2. The minimum atomic E-state index is -0.750. The summed E-state index contributed by atoms with van der Waals surface area (Å²) in [5, 5.41) is 16.6. The highest BCUT2D eigenvalue weighted by molar-refractivity contribution is 5.44. The molecule has 2 rings (SSSR count). The Morgan fingerprint density at radius 3 is 2.79 bits per heavy atom. The van der Waals surface area contributed by atoms with Crippen LogP contribution in [0.3, 0.4) is 0 Å². The maximum Gasteiger partial charge on any atom is 0.266 e. The third-order valence-corrected chi connectivity index (χ3v) is 1.68. The zero-order valence-corrected chi connectivity index (χ0v) is 7.58. The second-order valence-corrected chi connectivity index (χ2v) is 2.84. The summed E-state index contributed by atoms with van der Waals surface area (Å²) in [5.74, 6) is 0.521. The Hall–Kier alpha value is -1.75. The second kappa shape index (κ2) is 3.55. The second-order valence-electron chi connectivity index (χ2n) is 2.84. The lowest BCUT2D eigenvalue weighted by molar-refractivity contribution is 0.163. The molecular formula is C9H9N3O2. The summed E-state index contributed by atoms with van der Waals surface area (Å²) in [6.07, 6.45) is 0.890. The molecule has 2 aromatic rings. The van der Waals surface area contributed by atoms with Crippen molar-refractivity contribution in [1.29, 1.82) is 0 Å². The monoisotopic (exact) mass is 191 g/mol. The van der Waals surface area contributed by atoms with E-state index in [0.29, 0.717) is 11.6 Å². The van der Waals surface area contributed by atoms with Crippen LogP contribution in [0.2, 0.25) is 0 Å². The number of hydrogen-bond acceptors (Lipinski definition) is 5. The van der Waals surface area contributed by atoms with Gasteiger partial charge in [-0.15, -0.1) is 10.2 Å². The van der Waals surface area contributed by atoms with E-state index in [4.69, 9.17) is 9.52 Å². The first-order valence-electron chi connectivity index (χ1n) is 4.20. The lowest BCUT2D eigenvalue weighted by Crippen LogP contribution is -1.89. The van der Waals surface area contributed by atoms with Gasteiger partial charge < -0.3 is 9.52 Å². The van der Waals surface area contributed by atoms with Crippen molar-refractivity contribution >= 4 is 0 Å². The van der Waals surface area contributed by atoms with Gasteiger partial charge in [-0.05, 0) is 19.1 Å². The fourth-order valence-corrected chi connectivity index (χ4v) is 0.996. The zero-order valence-electron chi connectivity index (χ0n) is 7.58. The smallest absolute Gasteiger partial charge is 0.266 e. The van der Waals surface area contributed by atoms with E-state index in [2.05, 4.69) is 15.2 Å². The summed E-state index contributed by atoms with van der Waals surface area (Å²) in [7, 11) is 0. The number of aliphatic hydroxyl groups excluding tert-OH is 1. The summed E-state index contributed by atoms with van der Waals surface area (Å²) < 4.78 is 5.20. The van der Waals surface area contributed by atoms with Gasteiger partial charge in [0, 0.05) is 6.20 Å². The van der Waals surface area contributed by atoms with Crippen LogP contribution in [-0.2, 0) is 0 Å². The van der Waals surface area contributed by atoms with Crippen molar-refractivity contribution < 1.29 is 9.52 Å². The van der Waals surface area contributed by atoms with Crippen molar-refractivity contribution in [3.05, 3.63) is 30.3 Å². The van der Waals surface area contributed by atoms with Gasteiger partial charge in [0.1, 0.15) is 11.8 Å². The van der Waals surface area contributed by atoms with Crippen molar-refractivity contribution in [1.82, 2.24) is 15.2 Å². The molecule has 2 heterocycles. The Bertz CT molecular complexity index is 411. The third kappa shape index (κ3) is 1.62. The van der Waals surface area contributed by atoms with E-state index in [1.165, 1.54) is 0 Å². The van der Waals surface area contributed by atoms with Crippen molar-refractivity contribution in [2.45, 2.75) is 13.0 Å². The normalized spacial score (nSPS) is 12.7. The molecule has 72 valence electrons. The largest absolute Gasteiger partial charge is 0.416 e. The van der Waals surface area contributed by atoms with Crippen LogP contribution in [0.15, 0.2) is 28.8 Å². The standard InChI is InChI=1S/C9H9N3O2/c1-6(13)8-11-12-9(14-8)7-4-2-3-5-10-7/h2-6,13H,1H3. The van der Waals surface area contributed by atoms with Gasteiger partial charge in [0.05, 0.1) is 0 Å². The van der Waals surface area contributed by atoms with E-state index in [9.17, 15) is 0 Å². The van der Waals surface area contributed by atoms with Crippen LogP contribution in [-0.4, -0.2) is 20.3 Å². The highest BCUT2D eigenvalue weighted by Crippen LogP contribution is 2.17. The number of aliphatic hydroxyl groups is 1. The molecule has 1 atom stereocenters. The number of pyridine rings is 1. The molecule has 1 unspecified atom stereocenters. The molecule has 0 aliphatic rings. The van der Waals surface area contributed by atoms with Crippen LogP contribution in [0.4, 0.5) is 0 Å². The van der Waals surface area contributed by atoms with Gasteiger partial charge in [-0.3, -0.25) is 4.98 Å². The SMILES string of the molecule is CC(O)c1nnc(-c2ccccn2)o1. The summed E-state index contributed by atoms with van der Waals surface area (Å²) in [4.78, 5) is 4.04. The fourth-order valence-electron chi connectivity index (χ4n) is 0.996. The number of hydrogen-bond donors (Lipinski definition) is 1. The quantitative estimate of drug-likeness (QED) is 0.771. The zero-order chi connectivity index (χ0) is 9.97. The van der Waals surface area contributed by atoms with Crippen LogP contribution in [0.5, 0.6) is 0 Å². The van der Waals surface area contributed by atoms with Crippen LogP contribution < -0.4 is 0 Å². The predicted octanol–water partition coefficient (Wildman–Crippen LogP) is 1.18. The molecule has 2 aromatic heterocycles. The molecule has 0 aliphatic carbocycles. The van der Waals surface area contributed by atoms with E-state index in [-0.39, 0.29) is 5.89 Å². The Kier molecular flexibility index (Phi) is 2.24. The highest BCUT2D eigenvalue weighted by atomic mass is 16.4. The average Bonchev–Trinajstić information content (AvgIpc) is 2.68. The molecule has 0 bridgehead atoms. The van der Waals surface area contributed by atoms with Gasteiger partial charge in [-0.1, -0.05) is 6.07 Å². The van der Waals surface area contributed by atoms with Crippen LogP contribution in [0.25, 0.3) is 11.6 Å². The molecule has 0 radical (unpaired) electrons. The summed E-state index contributed by atoms with van der Waals surface area (Å²) in [6, 6.07) is 5.39. The molecule has 5 heteroatoms. The maximum absolute atomic E-state index is 9.17. The van der Waals surface area contributed by atoms with Gasteiger partial charge in [0.25, 0.3) is 5.89 Å². The van der Waals surface area contributed by atoms with Crippen molar-refractivity contribution in [3.8, 4) is 11.6 Å². The van der Waals surface area contributed by atoms with Gasteiger partial charge in [0.15, 0.2) is 0 Å². The number of nitrogens with zero attached hydrogens (tertiary/aromatic N) is 3. The van der Waals surface area contributed by atoms with E-state index in [0.717, 1.165) is 0 Å². The summed E-state index contributed by atoms with van der Waals surface area (Å²) in [6.45, 7) is 1.57. The first kappa shape index (κ1) is 8.83. The molecule has 14 heavy (non-hydrogen) atoms. The molecule has 5 nitrogen and oxygen atoms in total. The Balaban J connectivity index is 2.34. The maximum atomic E-state index is 9.17. The van der Waals surface area contributed by atoms with Crippen LogP contribution in [0, 0.1) is 0 Å². The van der Waals surface area contributed by atoms with Crippen molar-refractivity contribution in [3.63, 3.8) is 0 Å². The minimum absolute atomic E-state index is 0.200. The summed E-state index contributed by atoms with van der Waals surface area (Å²) in [5.41, 5.74) is 0.604. The molecule has 0 spiro atoms. The van der Waals surface area contributed by atoms with Gasteiger partial charge >= 0.3 is 0 Å². The Labute approximate surface area is 80.4 Å². The van der Waals surface area contributed by atoms with E-state index < -0.39 is 6.10 Å². The van der Waals surface area contributed by atoms with E-state index >= 15 is 0 Å². The topological polar surface area (TPSA) is 72.0 Å². The molecule has 0 fully saturated rings. The first-order valence-corrected chi connectivity index (χ1v) is 4.20. The molecule has 0 saturated carbocycles. The molecule has 0 aromatic carbocycles. The van der Waals surface area contributed by atoms with Crippen molar-refractivity contribution in [2.75, 3.05) is 0 Å². The van der Waals surface area contributed by atoms with Crippen LogP contribution in [0.1, 0.15) is 18.9 Å². The molecule has 0 amide bonds. The lowest BCUT2D eigenvalue weighted by atomic mass is 10.3. The van der Waals surface area contributed by atoms with E-state index in [1.807, 2.05) is 6.07 Å². The fraction of sp³-hybridized carbons (Fsp3) is 0.222. The lowest BCUT2D eigenvalue weighted by Gasteiger charge is -1.94. The molecular weight excluding hydrogens is 182 g/mol. The first-order chi connectivity index (χ1) is 6.77. The van der Waals surface area contributed by atoms with Crippen molar-refractivity contribution in [2.24, 2.45) is 0 Å². The number of aromatic nitrogens is 3. The Morgan fingerprint density at radius 1 is 1.36 bits per heavy atom. The minimum Gasteiger partial charge on any atom is -0.416 e. The summed E-state index contributed by atoms with van der Waals surface area (Å²) >= 11 is 0. The Morgan fingerprint density at radius 2 is 2.21 bits per heavy atom. The van der Waals surface area contributed by atoms with Gasteiger partial charge in [0.2, 0.25) is 5.89 Å². The predicted molar refractivity (Wildman–Crippen MR) is 48.2 cm³/mol. The highest BCUT2D eigenvalue weighted by Gasteiger charge is 2.12. The van der Waals surface area contributed by atoms with Gasteiger partial charge in [-0.25, -0.2) is 0 Å². The molecule has 0 saturated heterocycles. The third-order valence-electron chi connectivity index (χ3n) is 1.68. The molecule has 0 aliphatic heterocycles. The van der Waals surface area contributed by atoms with Crippen LogP contribution >= 0.6 is 0 Å². The molecule has 1 N–H and O–H groups in total. The van der Waals surface area contributed by atoms with Gasteiger partial charge in [-0.2, -0.15) is 0 Å². The average molecular weight is 191 g/mol.